The van der Waals surface area contributed by atoms with E-state index in [4.69, 9.17) is 5.73 Å². The Bertz CT molecular complexity index is 737. The number of nitrogens with zero attached hydrogens (tertiary/aromatic N) is 1. The van der Waals surface area contributed by atoms with Gasteiger partial charge in [-0.1, -0.05) is 24.3 Å². The molecule has 0 amide bonds. The molecule has 0 aromatic heterocycles. The minimum atomic E-state index is -3.50. The summed E-state index contributed by atoms with van der Waals surface area (Å²) in [6, 6.07) is 12.7. The number of benzene rings is 2. The molecule has 0 bridgehead atoms. The Morgan fingerprint density at radius 1 is 1.05 bits per heavy atom. The summed E-state index contributed by atoms with van der Waals surface area (Å²) < 4.78 is 26.7. The Morgan fingerprint density at radius 3 is 2.29 bits per heavy atom. The summed E-state index contributed by atoms with van der Waals surface area (Å²) in [6.45, 7) is 4.01. The summed E-state index contributed by atoms with van der Waals surface area (Å²) in [5.41, 5.74) is 8.89. The van der Waals surface area contributed by atoms with Crippen LogP contribution in [-0.4, -0.2) is 19.8 Å². The fourth-order valence-electron chi connectivity index (χ4n) is 2.12. The summed E-state index contributed by atoms with van der Waals surface area (Å²) in [5.74, 6) is 0. The van der Waals surface area contributed by atoms with Crippen molar-refractivity contribution >= 4 is 15.7 Å². The molecule has 0 unspecified atom stereocenters. The number of nitrogens with two attached hydrogens (primary N) is 1. The Kier molecular flexibility index (Phi) is 4.34. The molecule has 0 aliphatic carbocycles. The number of anilines is 1. The molecule has 0 fully saturated rings. The number of rotatable bonds is 4. The molecule has 2 aromatic carbocycles. The topological polar surface area (TPSA) is 63.4 Å². The zero-order valence-electron chi connectivity index (χ0n) is 12.5. The Hall–Kier alpha value is -1.85. The molecular weight excluding hydrogens is 284 g/mol. The van der Waals surface area contributed by atoms with Crippen molar-refractivity contribution in [3.8, 4) is 0 Å². The molecule has 0 heterocycles. The van der Waals surface area contributed by atoms with Crippen molar-refractivity contribution in [3.05, 3.63) is 59.2 Å². The molecule has 0 spiro atoms. The van der Waals surface area contributed by atoms with E-state index in [9.17, 15) is 8.42 Å². The maximum absolute atomic E-state index is 12.7. The van der Waals surface area contributed by atoms with Gasteiger partial charge in [0, 0.05) is 19.3 Å². The monoisotopic (exact) mass is 304 g/mol. The van der Waals surface area contributed by atoms with Gasteiger partial charge in [-0.15, -0.1) is 0 Å². The second-order valence-corrected chi connectivity index (χ2v) is 7.28. The van der Waals surface area contributed by atoms with Crippen LogP contribution in [0, 0.1) is 13.8 Å². The van der Waals surface area contributed by atoms with Crippen LogP contribution in [-0.2, 0) is 16.6 Å². The van der Waals surface area contributed by atoms with Crippen molar-refractivity contribution in [2.45, 2.75) is 25.3 Å². The van der Waals surface area contributed by atoms with E-state index < -0.39 is 10.0 Å². The first-order valence-electron chi connectivity index (χ1n) is 6.69. The summed E-state index contributed by atoms with van der Waals surface area (Å²) in [7, 11) is -1.91. The van der Waals surface area contributed by atoms with Crippen molar-refractivity contribution < 1.29 is 8.42 Å². The SMILES string of the molecule is Cc1ccc(C)c(S(=O)(=O)N(C)Cc2ccc(N)cc2)c1. The van der Waals surface area contributed by atoms with Gasteiger partial charge in [-0.25, -0.2) is 8.42 Å². The minimum absolute atomic E-state index is 0.315. The smallest absolute Gasteiger partial charge is 0.243 e. The van der Waals surface area contributed by atoms with E-state index in [1.165, 1.54) is 4.31 Å². The van der Waals surface area contributed by atoms with Crippen molar-refractivity contribution in [1.82, 2.24) is 4.31 Å². The molecule has 2 aromatic rings. The molecule has 0 radical (unpaired) electrons. The van der Waals surface area contributed by atoms with E-state index in [1.54, 1.807) is 25.2 Å². The van der Waals surface area contributed by atoms with Gasteiger partial charge < -0.3 is 5.73 Å². The van der Waals surface area contributed by atoms with Crippen LogP contribution in [0.5, 0.6) is 0 Å². The molecule has 112 valence electrons. The second kappa shape index (κ2) is 5.87. The quantitative estimate of drug-likeness (QED) is 0.883. The first-order valence-corrected chi connectivity index (χ1v) is 8.13. The first-order chi connectivity index (χ1) is 9.80. The van der Waals surface area contributed by atoms with Gasteiger partial charge in [0.2, 0.25) is 10.0 Å². The normalized spacial score (nSPS) is 11.8. The van der Waals surface area contributed by atoms with Gasteiger partial charge in [0.1, 0.15) is 0 Å². The molecule has 2 N–H and O–H groups in total. The molecule has 0 atom stereocenters. The molecule has 4 nitrogen and oxygen atoms in total. The molecule has 0 aliphatic rings. The van der Waals surface area contributed by atoms with Crippen LogP contribution in [0.3, 0.4) is 0 Å². The van der Waals surface area contributed by atoms with Gasteiger partial charge >= 0.3 is 0 Å². The molecule has 21 heavy (non-hydrogen) atoms. The van der Waals surface area contributed by atoms with E-state index in [1.807, 2.05) is 38.1 Å². The highest BCUT2D eigenvalue weighted by Gasteiger charge is 2.22. The highest BCUT2D eigenvalue weighted by molar-refractivity contribution is 7.89. The van der Waals surface area contributed by atoms with Crippen molar-refractivity contribution in [2.75, 3.05) is 12.8 Å². The number of hydrogen-bond acceptors (Lipinski definition) is 3. The van der Waals surface area contributed by atoms with Gasteiger partial charge in [0.15, 0.2) is 0 Å². The minimum Gasteiger partial charge on any atom is -0.399 e. The maximum atomic E-state index is 12.7. The molecule has 2 rings (SSSR count). The van der Waals surface area contributed by atoms with Crippen molar-refractivity contribution in [2.24, 2.45) is 0 Å². The molecular formula is C16H20N2O2S. The van der Waals surface area contributed by atoms with Crippen LogP contribution in [0.15, 0.2) is 47.4 Å². The van der Waals surface area contributed by atoms with E-state index in [2.05, 4.69) is 0 Å². The third-order valence-electron chi connectivity index (χ3n) is 3.42. The predicted molar refractivity (Wildman–Crippen MR) is 85.4 cm³/mol. The second-order valence-electron chi connectivity index (χ2n) is 5.27. The molecule has 0 saturated heterocycles. The lowest BCUT2D eigenvalue weighted by atomic mass is 10.2. The first kappa shape index (κ1) is 15.5. The summed E-state index contributed by atoms with van der Waals surface area (Å²) in [4.78, 5) is 0.362. The molecule has 0 aliphatic heterocycles. The van der Waals surface area contributed by atoms with E-state index in [0.29, 0.717) is 17.1 Å². The standard InChI is InChI=1S/C16H20N2O2S/c1-12-4-5-13(2)16(10-12)21(19,20)18(3)11-14-6-8-15(17)9-7-14/h4-10H,11,17H2,1-3H3. The van der Waals surface area contributed by atoms with Gasteiger partial charge in [-0.05, 0) is 48.7 Å². The maximum Gasteiger partial charge on any atom is 0.243 e. The number of nitrogen functional groups attached to an aromatic ring is 1. The fourth-order valence-corrected chi connectivity index (χ4v) is 3.58. The summed E-state index contributed by atoms with van der Waals surface area (Å²) in [6.07, 6.45) is 0. The van der Waals surface area contributed by atoms with Gasteiger partial charge in [0.25, 0.3) is 0 Å². The predicted octanol–water partition coefficient (Wildman–Crippen LogP) is 2.71. The lowest BCUT2D eigenvalue weighted by Crippen LogP contribution is -2.27. The number of hydrogen-bond donors (Lipinski definition) is 1. The van der Waals surface area contributed by atoms with Crippen LogP contribution in [0.1, 0.15) is 16.7 Å². The highest BCUT2D eigenvalue weighted by atomic mass is 32.2. The number of sulfonamides is 1. The van der Waals surface area contributed by atoms with Crippen molar-refractivity contribution in [3.63, 3.8) is 0 Å². The average molecular weight is 304 g/mol. The Morgan fingerprint density at radius 2 is 1.67 bits per heavy atom. The zero-order valence-corrected chi connectivity index (χ0v) is 13.3. The van der Waals surface area contributed by atoms with Crippen LogP contribution in [0.4, 0.5) is 5.69 Å². The fraction of sp³-hybridized carbons (Fsp3) is 0.250. The summed E-state index contributed by atoms with van der Waals surface area (Å²) in [5, 5.41) is 0. The third-order valence-corrected chi connectivity index (χ3v) is 5.36. The van der Waals surface area contributed by atoms with E-state index in [-0.39, 0.29) is 0 Å². The van der Waals surface area contributed by atoms with Crippen LogP contribution < -0.4 is 5.73 Å². The van der Waals surface area contributed by atoms with Crippen molar-refractivity contribution in [1.29, 1.82) is 0 Å². The van der Waals surface area contributed by atoms with Gasteiger partial charge in [-0.2, -0.15) is 4.31 Å². The lowest BCUT2D eigenvalue weighted by molar-refractivity contribution is 0.466. The number of aryl methyl sites for hydroxylation is 2. The van der Waals surface area contributed by atoms with E-state index >= 15 is 0 Å². The third kappa shape index (κ3) is 3.43. The van der Waals surface area contributed by atoms with Gasteiger partial charge in [0.05, 0.1) is 4.90 Å². The zero-order chi connectivity index (χ0) is 15.6. The highest BCUT2D eigenvalue weighted by Crippen LogP contribution is 2.22. The Balaban J connectivity index is 2.30. The van der Waals surface area contributed by atoms with Crippen LogP contribution >= 0.6 is 0 Å². The van der Waals surface area contributed by atoms with Crippen LogP contribution in [0.25, 0.3) is 0 Å². The molecule has 5 heteroatoms. The van der Waals surface area contributed by atoms with Gasteiger partial charge in [-0.3, -0.25) is 0 Å². The van der Waals surface area contributed by atoms with E-state index in [0.717, 1.165) is 16.7 Å². The molecule has 0 saturated carbocycles. The Labute approximate surface area is 126 Å². The largest absolute Gasteiger partial charge is 0.399 e. The van der Waals surface area contributed by atoms with Crippen LogP contribution in [0.2, 0.25) is 0 Å². The summed E-state index contributed by atoms with van der Waals surface area (Å²) >= 11 is 0. The lowest BCUT2D eigenvalue weighted by Gasteiger charge is -2.19. The average Bonchev–Trinajstić information content (AvgIpc) is 2.43.